The number of amides is 1. The molecule has 0 unspecified atom stereocenters. The summed E-state index contributed by atoms with van der Waals surface area (Å²) in [6.07, 6.45) is 0. The van der Waals surface area contributed by atoms with Crippen molar-refractivity contribution in [2.75, 3.05) is 12.4 Å². The summed E-state index contributed by atoms with van der Waals surface area (Å²) in [5.74, 6) is 0.290. The van der Waals surface area contributed by atoms with Gasteiger partial charge in [0, 0.05) is 11.3 Å². The molecular weight excluding hydrogens is 428 g/mol. The molecule has 0 atom stereocenters. The van der Waals surface area contributed by atoms with Gasteiger partial charge in [-0.1, -0.05) is 18.2 Å². The minimum absolute atomic E-state index is 0.0364. The Morgan fingerprint density at radius 1 is 0.969 bits per heavy atom. The lowest BCUT2D eigenvalue weighted by Crippen LogP contribution is -2.14. The summed E-state index contributed by atoms with van der Waals surface area (Å²) in [7, 11) is -2.21. The van der Waals surface area contributed by atoms with Crippen molar-refractivity contribution in [3.63, 3.8) is 0 Å². The number of carbonyl (C=O) groups excluding carboxylic acids is 1. The van der Waals surface area contributed by atoms with E-state index < -0.39 is 15.9 Å². The van der Waals surface area contributed by atoms with Crippen LogP contribution in [0.4, 0.5) is 5.69 Å². The fourth-order valence-corrected chi connectivity index (χ4v) is 3.66. The number of aromatic nitrogens is 2. The fraction of sp³-hybridized carbons (Fsp3) is 0.0435. The lowest BCUT2D eigenvalue weighted by molar-refractivity contribution is 0.102. The Balaban J connectivity index is 1.68. The van der Waals surface area contributed by atoms with E-state index >= 15 is 0 Å². The van der Waals surface area contributed by atoms with Crippen molar-refractivity contribution in [2.24, 2.45) is 5.14 Å². The molecule has 0 spiro atoms. The van der Waals surface area contributed by atoms with Crippen LogP contribution in [0.1, 0.15) is 10.5 Å². The average Bonchev–Trinajstić information content (AvgIpc) is 3.25. The average molecular weight is 449 g/mol. The third-order valence-corrected chi connectivity index (χ3v) is 5.70. The van der Waals surface area contributed by atoms with Gasteiger partial charge in [-0.05, 0) is 66.7 Å². The maximum Gasteiger partial charge on any atom is 0.276 e. The second-order valence-corrected chi connectivity index (χ2v) is 8.48. The number of methoxy groups -OCH3 is 1. The van der Waals surface area contributed by atoms with Crippen LogP contribution in [0.2, 0.25) is 0 Å². The Hall–Kier alpha value is -3.95. The molecule has 0 aliphatic rings. The van der Waals surface area contributed by atoms with Gasteiger partial charge >= 0.3 is 0 Å². The summed E-state index contributed by atoms with van der Waals surface area (Å²) in [5, 5.41) is 12.3. The highest BCUT2D eigenvalue weighted by Gasteiger charge is 2.17. The number of hydrogen-bond donors (Lipinski definition) is 2. The molecule has 1 amide bonds. The third kappa shape index (κ3) is 4.53. The predicted octanol–water partition coefficient (Wildman–Crippen LogP) is 3.45. The summed E-state index contributed by atoms with van der Waals surface area (Å²) in [6, 6.07) is 24.2. The monoisotopic (exact) mass is 448 g/mol. The Morgan fingerprint density at radius 3 is 2.22 bits per heavy atom. The van der Waals surface area contributed by atoms with E-state index in [2.05, 4.69) is 10.4 Å². The molecule has 0 saturated heterocycles. The van der Waals surface area contributed by atoms with E-state index in [0.717, 1.165) is 22.7 Å². The van der Waals surface area contributed by atoms with E-state index in [4.69, 9.17) is 9.88 Å². The molecule has 0 bridgehead atoms. The highest BCUT2D eigenvalue weighted by molar-refractivity contribution is 7.89. The number of anilines is 1. The number of primary sulfonamides is 1. The maximum absolute atomic E-state index is 12.9. The number of para-hydroxylation sites is 1. The number of ether oxygens (including phenoxy) is 1. The molecule has 3 aromatic carbocycles. The van der Waals surface area contributed by atoms with Crippen LogP contribution in [0.5, 0.6) is 5.75 Å². The van der Waals surface area contributed by atoms with Gasteiger partial charge in [0.25, 0.3) is 5.91 Å². The van der Waals surface area contributed by atoms with Crippen molar-refractivity contribution < 1.29 is 17.9 Å². The standard InChI is InChI=1S/C23H20N4O4S/c1-31-19-11-7-16(8-12-19)22-15-21(26-27(22)18-5-3-2-4-6-18)23(28)25-17-9-13-20(14-10-17)32(24,29)30/h2-15H,1H3,(H,25,28)(H2,24,29,30). The van der Waals surface area contributed by atoms with Crippen LogP contribution in [0, 0.1) is 0 Å². The first kappa shape index (κ1) is 21.3. The molecule has 0 fully saturated rings. The molecule has 0 saturated carbocycles. The van der Waals surface area contributed by atoms with Gasteiger partial charge in [-0.25, -0.2) is 18.2 Å². The molecule has 3 N–H and O–H groups in total. The number of hydrogen-bond acceptors (Lipinski definition) is 5. The number of carbonyl (C=O) groups is 1. The summed E-state index contributed by atoms with van der Waals surface area (Å²) < 4.78 is 29.7. The van der Waals surface area contributed by atoms with Gasteiger partial charge in [-0.2, -0.15) is 5.10 Å². The Bertz CT molecular complexity index is 1350. The number of benzene rings is 3. The van der Waals surface area contributed by atoms with Crippen molar-refractivity contribution in [3.05, 3.63) is 90.6 Å². The van der Waals surface area contributed by atoms with Gasteiger partial charge in [0.05, 0.1) is 23.4 Å². The topological polar surface area (TPSA) is 116 Å². The number of sulfonamides is 1. The van der Waals surface area contributed by atoms with Crippen LogP contribution < -0.4 is 15.2 Å². The number of nitrogens with zero attached hydrogens (tertiary/aromatic N) is 2. The summed E-state index contributed by atoms with van der Waals surface area (Å²) in [4.78, 5) is 12.8. The second kappa shape index (κ2) is 8.66. The van der Waals surface area contributed by atoms with Crippen molar-refractivity contribution in [1.29, 1.82) is 0 Å². The molecule has 1 aromatic heterocycles. The van der Waals surface area contributed by atoms with Gasteiger partial charge in [-0.15, -0.1) is 0 Å². The van der Waals surface area contributed by atoms with Crippen LogP contribution in [0.3, 0.4) is 0 Å². The largest absolute Gasteiger partial charge is 0.497 e. The van der Waals surface area contributed by atoms with E-state index in [1.165, 1.54) is 24.3 Å². The van der Waals surface area contributed by atoms with E-state index in [0.29, 0.717) is 5.69 Å². The molecule has 0 aliphatic carbocycles. The third-order valence-electron chi connectivity index (χ3n) is 4.77. The molecule has 1 heterocycles. The van der Waals surface area contributed by atoms with Crippen LogP contribution in [-0.2, 0) is 10.0 Å². The molecule has 9 heteroatoms. The van der Waals surface area contributed by atoms with Crippen molar-refractivity contribution >= 4 is 21.6 Å². The number of rotatable bonds is 6. The Labute approximate surface area is 185 Å². The predicted molar refractivity (Wildman–Crippen MR) is 121 cm³/mol. The highest BCUT2D eigenvalue weighted by Crippen LogP contribution is 2.26. The lowest BCUT2D eigenvalue weighted by atomic mass is 10.1. The summed E-state index contributed by atoms with van der Waals surface area (Å²) in [5.41, 5.74) is 3.01. The van der Waals surface area contributed by atoms with Crippen LogP contribution in [0.15, 0.2) is 89.8 Å². The first-order valence-electron chi connectivity index (χ1n) is 9.59. The van der Waals surface area contributed by atoms with Gasteiger partial charge < -0.3 is 10.1 Å². The first-order chi connectivity index (χ1) is 15.3. The molecule has 4 rings (SSSR count). The van der Waals surface area contributed by atoms with Crippen LogP contribution >= 0.6 is 0 Å². The molecule has 0 aliphatic heterocycles. The molecule has 8 nitrogen and oxygen atoms in total. The zero-order chi connectivity index (χ0) is 22.7. The van der Waals surface area contributed by atoms with Crippen molar-refractivity contribution in [1.82, 2.24) is 9.78 Å². The normalized spacial score (nSPS) is 11.2. The Kier molecular flexibility index (Phi) is 5.76. The van der Waals surface area contributed by atoms with Gasteiger partial charge in [0.1, 0.15) is 5.75 Å². The zero-order valence-electron chi connectivity index (χ0n) is 17.1. The smallest absolute Gasteiger partial charge is 0.276 e. The van der Waals surface area contributed by atoms with Crippen LogP contribution in [-0.4, -0.2) is 31.2 Å². The SMILES string of the molecule is COc1ccc(-c2cc(C(=O)Nc3ccc(S(N)(=O)=O)cc3)nn2-c2ccccc2)cc1. The minimum atomic E-state index is -3.81. The molecule has 162 valence electrons. The maximum atomic E-state index is 12.9. The quantitative estimate of drug-likeness (QED) is 0.469. The van der Waals surface area contributed by atoms with Crippen LogP contribution in [0.25, 0.3) is 16.9 Å². The minimum Gasteiger partial charge on any atom is -0.497 e. The van der Waals surface area contributed by atoms with Gasteiger partial charge in [-0.3, -0.25) is 4.79 Å². The zero-order valence-corrected chi connectivity index (χ0v) is 17.9. The summed E-state index contributed by atoms with van der Waals surface area (Å²) >= 11 is 0. The lowest BCUT2D eigenvalue weighted by Gasteiger charge is -2.08. The molecular formula is C23H20N4O4S. The van der Waals surface area contributed by atoms with Gasteiger partial charge in [0.2, 0.25) is 10.0 Å². The first-order valence-corrected chi connectivity index (χ1v) is 11.1. The molecule has 0 radical (unpaired) electrons. The van der Waals surface area contributed by atoms with E-state index in [9.17, 15) is 13.2 Å². The van der Waals surface area contributed by atoms with Gasteiger partial charge in [0.15, 0.2) is 5.69 Å². The second-order valence-electron chi connectivity index (χ2n) is 6.91. The van der Waals surface area contributed by atoms with E-state index in [1.807, 2.05) is 54.6 Å². The number of nitrogens with two attached hydrogens (primary N) is 1. The van der Waals surface area contributed by atoms with E-state index in [1.54, 1.807) is 17.9 Å². The molecule has 32 heavy (non-hydrogen) atoms. The number of nitrogens with one attached hydrogen (secondary N) is 1. The fourth-order valence-electron chi connectivity index (χ4n) is 3.15. The molecule has 4 aromatic rings. The van der Waals surface area contributed by atoms with Crippen molar-refractivity contribution in [2.45, 2.75) is 4.90 Å². The van der Waals surface area contributed by atoms with Crippen molar-refractivity contribution in [3.8, 4) is 22.7 Å². The van der Waals surface area contributed by atoms with E-state index in [-0.39, 0.29) is 10.6 Å². The Morgan fingerprint density at radius 2 is 1.62 bits per heavy atom. The summed E-state index contributed by atoms with van der Waals surface area (Å²) in [6.45, 7) is 0. The highest BCUT2D eigenvalue weighted by atomic mass is 32.2.